The van der Waals surface area contributed by atoms with Gasteiger partial charge in [0.05, 0.1) is 9.82 Å². The van der Waals surface area contributed by atoms with Gasteiger partial charge in [0.2, 0.25) is 0 Å². The normalized spacial score (nSPS) is 11.3. The summed E-state index contributed by atoms with van der Waals surface area (Å²) in [7, 11) is -3.46. The van der Waals surface area contributed by atoms with Crippen LogP contribution in [0.25, 0.3) is 0 Å². The molecular formula is C13H14N2O4S2. The summed E-state index contributed by atoms with van der Waals surface area (Å²) in [6.07, 6.45) is 1.78. The lowest BCUT2D eigenvalue weighted by molar-refractivity contribution is -0.384. The summed E-state index contributed by atoms with van der Waals surface area (Å²) in [5, 5.41) is 16.0. The molecule has 21 heavy (non-hydrogen) atoms. The standard InChI is InChI=1S/C13H14N2O4S2/c1-21(18,19)11-4-5-12(13(9-11)15(16)17)14-7-6-10-3-2-8-20-10/h2-5,8-9,14H,6-7H2,1H3. The molecule has 0 saturated carbocycles. The molecule has 0 unspecified atom stereocenters. The maximum atomic E-state index is 11.4. The summed E-state index contributed by atoms with van der Waals surface area (Å²) in [4.78, 5) is 11.6. The number of rotatable bonds is 6. The molecule has 2 rings (SSSR count). The van der Waals surface area contributed by atoms with Crippen LogP contribution in [0.1, 0.15) is 4.88 Å². The van der Waals surface area contributed by atoms with Crippen LogP contribution < -0.4 is 5.32 Å². The fraction of sp³-hybridized carbons (Fsp3) is 0.231. The number of nitro benzene ring substituents is 1. The molecule has 0 spiro atoms. The van der Waals surface area contributed by atoms with Gasteiger partial charge in [-0.25, -0.2) is 8.42 Å². The lowest BCUT2D eigenvalue weighted by atomic mass is 10.2. The minimum Gasteiger partial charge on any atom is -0.379 e. The van der Waals surface area contributed by atoms with Crippen LogP contribution in [0, 0.1) is 10.1 Å². The Bertz CT molecular complexity index is 740. The van der Waals surface area contributed by atoms with Crippen LogP contribution in [0.4, 0.5) is 11.4 Å². The quantitative estimate of drug-likeness (QED) is 0.651. The Hall–Kier alpha value is -1.93. The van der Waals surface area contributed by atoms with E-state index < -0.39 is 14.8 Å². The second-order valence-electron chi connectivity index (χ2n) is 4.46. The smallest absolute Gasteiger partial charge is 0.293 e. The van der Waals surface area contributed by atoms with Gasteiger partial charge in [-0.15, -0.1) is 11.3 Å². The van der Waals surface area contributed by atoms with Crippen molar-refractivity contribution in [3.63, 3.8) is 0 Å². The average Bonchev–Trinajstić information content (AvgIpc) is 2.90. The van der Waals surface area contributed by atoms with Gasteiger partial charge in [0.1, 0.15) is 5.69 Å². The lowest BCUT2D eigenvalue weighted by Gasteiger charge is -2.07. The number of nitro groups is 1. The second kappa shape index (κ2) is 6.23. The van der Waals surface area contributed by atoms with E-state index in [2.05, 4.69) is 5.32 Å². The monoisotopic (exact) mass is 326 g/mol. The highest BCUT2D eigenvalue weighted by Gasteiger charge is 2.18. The molecule has 112 valence electrons. The molecule has 0 radical (unpaired) electrons. The van der Waals surface area contributed by atoms with E-state index in [1.165, 1.54) is 17.0 Å². The van der Waals surface area contributed by atoms with Crippen molar-refractivity contribution in [3.05, 3.63) is 50.7 Å². The molecule has 0 aliphatic heterocycles. The number of sulfone groups is 1. The third-order valence-electron chi connectivity index (χ3n) is 2.86. The van der Waals surface area contributed by atoms with E-state index in [4.69, 9.17) is 0 Å². The topological polar surface area (TPSA) is 89.3 Å². The summed E-state index contributed by atoms with van der Waals surface area (Å²) in [6, 6.07) is 7.83. The summed E-state index contributed by atoms with van der Waals surface area (Å²) in [6.45, 7) is 0.541. The second-order valence-corrected chi connectivity index (χ2v) is 7.51. The van der Waals surface area contributed by atoms with E-state index in [1.54, 1.807) is 11.3 Å². The fourth-order valence-corrected chi connectivity index (χ4v) is 3.17. The maximum absolute atomic E-state index is 11.4. The van der Waals surface area contributed by atoms with Crippen LogP contribution in [-0.4, -0.2) is 26.1 Å². The zero-order chi connectivity index (χ0) is 15.5. The molecule has 1 aromatic heterocycles. The van der Waals surface area contributed by atoms with Crippen molar-refractivity contribution in [2.75, 3.05) is 18.1 Å². The van der Waals surface area contributed by atoms with Gasteiger partial charge in [0, 0.05) is 23.7 Å². The predicted molar refractivity (Wildman–Crippen MR) is 82.7 cm³/mol. The highest BCUT2D eigenvalue weighted by molar-refractivity contribution is 7.90. The minimum atomic E-state index is -3.46. The van der Waals surface area contributed by atoms with E-state index in [9.17, 15) is 18.5 Å². The van der Waals surface area contributed by atoms with Gasteiger partial charge in [-0.3, -0.25) is 10.1 Å². The molecule has 2 aromatic rings. The van der Waals surface area contributed by atoms with E-state index in [1.807, 2.05) is 17.5 Å². The number of hydrogen-bond donors (Lipinski definition) is 1. The molecule has 8 heteroatoms. The highest BCUT2D eigenvalue weighted by Crippen LogP contribution is 2.27. The van der Waals surface area contributed by atoms with Crippen molar-refractivity contribution in [3.8, 4) is 0 Å². The molecule has 1 aromatic carbocycles. The van der Waals surface area contributed by atoms with Crippen molar-refractivity contribution in [1.29, 1.82) is 0 Å². The third-order valence-corrected chi connectivity index (χ3v) is 4.91. The first kappa shape index (κ1) is 15.5. The van der Waals surface area contributed by atoms with E-state index in [0.717, 1.165) is 18.7 Å². The van der Waals surface area contributed by atoms with Gasteiger partial charge in [-0.1, -0.05) is 6.07 Å². The minimum absolute atomic E-state index is 0.0574. The van der Waals surface area contributed by atoms with Crippen LogP contribution in [0.5, 0.6) is 0 Å². The maximum Gasteiger partial charge on any atom is 0.293 e. The first-order chi connectivity index (χ1) is 9.88. The molecule has 0 amide bonds. The third kappa shape index (κ3) is 4.02. The summed E-state index contributed by atoms with van der Waals surface area (Å²) < 4.78 is 22.9. The summed E-state index contributed by atoms with van der Waals surface area (Å²) in [5.41, 5.74) is 0.0908. The van der Waals surface area contributed by atoms with Gasteiger partial charge < -0.3 is 5.32 Å². The number of nitrogens with one attached hydrogen (secondary N) is 1. The molecule has 0 bridgehead atoms. The van der Waals surface area contributed by atoms with Crippen LogP contribution in [0.15, 0.2) is 40.6 Å². The molecule has 6 nitrogen and oxygen atoms in total. The Morgan fingerprint density at radius 3 is 2.67 bits per heavy atom. The van der Waals surface area contributed by atoms with Gasteiger partial charge in [0.15, 0.2) is 9.84 Å². The first-order valence-corrected chi connectivity index (χ1v) is 8.90. The zero-order valence-electron chi connectivity index (χ0n) is 11.3. The number of thiophene rings is 1. The van der Waals surface area contributed by atoms with E-state index >= 15 is 0 Å². The zero-order valence-corrected chi connectivity index (χ0v) is 12.9. The van der Waals surface area contributed by atoms with Crippen LogP contribution in [0.2, 0.25) is 0 Å². The molecule has 0 saturated heterocycles. The number of benzene rings is 1. The van der Waals surface area contributed by atoms with Gasteiger partial charge >= 0.3 is 0 Å². The van der Waals surface area contributed by atoms with Gasteiger partial charge in [-0.05, 0) is 30.0 Å². The molecule has 1 N–H and O–H groups in total. The Morgan fingerprint density at radius 2 is 2.10 bits per heavy atom. The Morgan fingerprint density at radius 1 is 1.33 bits per heavy atom. The molecule has 0 aliphatic rings. The molecule has 1 heterocycles. The highest BCUT2D eigenvalue weighted by atomic mass is 32.2. The summed E-state index contributed by atoms with van der Waals surface area (Å²) >= 11 is 1.62. The Labute approximate surface area is 126 Å². The van der Waals surface area contributed by atoms with Crippen molar-refractivity contribution in [2.24, 2.45) is 0 Å². The predicted octanol–water partition coefficient (Wildman–Crippen LogP) is 2.71. The first-order valence-electron chi connectivity index (χ1n) is 6.12. The molecule has 0 atom stereocenters. The Kier molecular flexibility index (Phi) is 4.59. The van der Waals surface area contributed by atoms with E-state index in [0.29, 0.717) is 12.2 Å². The van der Waals surface area contributed by atoms with Gasteiger partial charge in [-0.2, -0.15) is 0 Å². The van der Waals surface area contributed by atoms with Crippen LogP contribution in [-0.2, 0) is 16.3 Å². The molecule has 0 fully saturated rings. The Balaban J connectivity index is 2.17. The summed E-state index contributed by atoms with van der Waals surface area (Å²) in [5.74, 6) is 0. The SMILES string of the molecule is CS(=O)(=O)c1ccc(NCCc2cccs2)c([N+](=O)[O-])c1. The molecular weight excluding hydrogens is 312 g/mol. The van der Waals surface area contributed by atoms with Crippen molar-refractivity contribution in [1.82, 2.24) is 0 Å². The van der Waals surface area contributed by atoms with Gasteiger partial charge in [0.25, 0.3) is 5.69 Å². The van der Waals surface area contributed by atoms with Crippen LogP contribution in [0.3, 0.4) is 0 Å². The van der Waals surface area contributed by atoms with Crippen molar-refractivity contribution >= 4 is 32.5 Å². The largest absolute Gasteiger partial charge is 0.379 e. The lowest BCUT2D eigenvalue weighted by Crippen LogP contribution is -2.07. The number of hydrogen-bond acceptors (Lipinski definition) is 6. The van der Waals surface area contributed by atoms with Crippen molar-refractivity contribution < 1.29 is 13.3 Å². The van der Waals surface area contributed by atoms with E-state index in [-0.39, 0.29) is 10.6 Å². The van der Waals surface area contributed by atoms with Crippen molar-refractivity contribution in [2.45, 2.75) is 11.3 Å². The molecule has 0 aliphatic carbocycles. The number of nitrogens with zero attached hydrogens (tertiary/aromatic N) is 1. The number of anilines is 1. The fourth-order valence-electron chi connectivity index (χ4n) is 1.82. The average molecular weight is 326 g/mol. The van der Waals surface area contributed by atoms with Crippen LogP contribution >= 0.6 is 11.3 Å².